The van der Waals surface area contributed by atoms with E-state index in [0.29, 0.717) is 10.2 Å². The largest absolute Gasteiger partial charge is 0.301 e. The third-order valence-corrected chi connectivity index (χ3v) is 3.31. The molecule has 0 unspecified atom stereocenters. The van der Waals surface area contributed by atoms with E-state index in [1.165, 1.54) is 11.3 Å². The maximum atomic E-state index is 11.4. The minimum atomic E-state index is -0.574. The fourth-order valence-electron chi connectivity index (χ4n) is 1.16. The van der Waals surface area contributed by atoms with Crippen molar-refractivity contribution in [2.24, 2.45) is 0 Å². The minimum absolute atomic E-state index is 0.258. The van der Waals surface area contributed by atoms with Crippen molar-refractivity contribution in [1.29, 1.82) is 0 Å². The number of aromatic nitrogens is 1. The quantitative estimate of drug-likeness (QED) is 0.852. The van der Waals surface area contributed by atoms with Crippen LogP contribution >= 0.6 is 34.5 Å². The SMILES string of the molecule is C[C@@H](Cl)C(=O)Nc1nc2ccc(Cl)cc2s1. The predicted molar refractivity (Wildman–Crippen MR) is 68.6 cm³/mol. The lowest BCUT2D eigenvalue weighted by Gasteiger charge is -2.01. The molecule has 1 amide bonds. The first-order valence-corrected chi connectivity index (χ1v) is 6.20. The van der Waals surface area contributed by atoms with E-state index >= 15 is 0 Å². The van der Waals surface area contributed by atoms with E-state index in [9.17, 15) is 4.79 Å². The summed E-state index contributed by atoms with van der Waals surface area (Å²) in [4.78, 5) is 15.6. The van der Waals surface area contributed by atoms with Crippen molar-refractivity contribution >= 4 is 55.8 Å². The molecule has 0 saturated carbocycles. The van der Waals surface area contributed by atoms with Crippen LogP contribution in [0, 0.1) is 0 Å². The molecule has 0 bridgehead atoms. The van der Waals surface area contributed by atoms with E-state index in [2.05, 4.69) is 10.3 Å². The lowest BCUT2D eigenvalue weighted by Crippen LogP contribution is -2.19. The number of benzene rings is 1. The molecule has 0 saturated heterocycles. The second-order valence-corrected chi connectivity index (χ2v) is 5.36. The van der Waals surface area contributed by atoms with Crippen LogP contribution in [0.4, 0.5) is 5.13 Å². The number of halogens is 2. The summed E-state index contributed by atoms with van der Waals surface area (Å²) in [6.07, 6.45) is 0. The second kappa shape index (κ2) is 4.57. The number of nitrogens with one attached hydrogen (secondary N) is 1. The van der Waals surface area contributed by atoms with Crippen LogP contribution in [0.15, 0.2) is 18.2 Å². The van der Waals surface area contributed by atoms with Crippen LogP contribution in [0.3, 0.4) is 0 Å². The number of carbonyl (C=O) groups is 1. The summed E-state index contributed by atoms with van der Waals surface area (Å²) in [7, 11) is 0. The predicted octanol–water partition coefficient (Wildman–Crippen LogP) is 3.52. The van der Waals surface area contributed by atoms with Gasteiger partial charge in [-0.1, -0.05) is 22.9 Å². The van der Waals surface area contributed by atoms with E-state index in [-0.39, 0.29) is 5.91 Å². The monoisotopic (exact) mass is 274 g/mol. The Morgan fingerprint density at radius 2 is 2.31 bits per heavy atom. The van der Waals surface area contributed by atoms with Crippen molar-refractivity contribution in [2.75, 3.05) is 5.32 Å². The van der Waals surface area contributed by atoms with E-state index in [0.717, 1.165) is 10.2 Å². The highest BCUT2D eigenvalue weighted by Gasteiger charge is 2.12. The highest BCUT2D eigenvalue weighted by atomic mass is 35.5. The summed E-state index contributed by atoms with van der Waals surface area (Å²) in [5.41, 5.74) is 0.812. The molecule has 84 valence electrons. The van der Waals surface area contributed by atoms with Gasteiger partial charge in [0.05, 0.1) is 10.2 Å². The van der Waals surface area contributed by atoms with Gasteiger partial charge in [-0.05, 0) is 25.1 Å². The summed E-state index contributed by atoms with van der Waals surface area (Å²) in [5, 5.41) is 3.26. The number of anilines is 1. The molecular formula is C10H8Cl2N2OS. The number of alkyl halides is 1. The molecule has 6 heteroatoms. The molecule has 16 heavy (non-hydrogen) atoms. The number of fused-ring (bicyclic) bond motifs is 1. The molecule has 1 heterocycles. The van der Waals surface area contributed by atoms with E-state index in [1.807, 2.05) is 12.1 Å². The van der Waals surface area contributed by atoms with Gasteiger partial charge in [0.2, 0.25) is 5.91 Å². The first-order chi connectivity index (χ1) is 7.56. The van der Waals surface area contributed by atoms with Crippen molar-refractivity contribution in [3.8, 4) is 0 Å². The number of carbonyl (C=O) groups excluding carboxylic acids is 1. The van der Waals surface area contributed by atoms with Crippen LogP contribution in [0.25, 0.3) is 10.2 Å². The molecule has 0 fully saturated rings. The number of rotatable bonds is 2. The zero-order valence-electron chi connectivity index (χ0n) is 8.33. The van der Waals surface area contributed by atoms with Gasteiger partial charge in [0.1, 0.15) is 5.38 Å². The van der Waals surface area contributed by atoms with Gasteiger partial charge in [0.15, 0.2) is 5.13 Å². The maximum absolute atomic E-state index is 11.4. The van der Waals surface area contributed by atoms with Gasteiger partial charge in [0.25, 0.3) is 0 Å². The molecule has 0 aliphatic carbocycles. The fourth-order valence-corrected chi connectivity index (χ4v) is 2.36. The highest BCUT2D eigenvalue weighted by molar-refractivity contribution is 7.22. The Kier molecular flexibility index (Phi) is 3.33. The van der Waals surface area contributed by atoms with Crippen LogP contribution in [0.1, 0.15) is 6.92 Å². The first kappa shape index (κ1) is 11.6. The van der Waals surface area contributed by atoms with Crippen LogP contribution in [-0.4, -0.2) is 16.3 Å². The molecule has 1 N–H and O–H groups in total. The highest BCUT2D eigenvalue weighted by Crippen LogP contribution is 2.28. The molecule has 1 aromatic carbocycles. The summed E-state index contributed by atoms with van der Waals surface area (Å²) in [6, 6.07) is 5.39. The van der Waals surface area contributed by atoms with Crippen LogP contribution in [0.2, 0.25) is 5.02 Å². The lowest BCUT2D eigenvalue weighted by molar-refractivity contribution is -0.115. The Morgan fingerprint density at radius 3 is 3.00 bits per heavy atom. The standard InChI is InChI=1S/C10H8Cl2N2OS/c1-5(11)9(15)14-10-13-7-3-2-6(12)4-8(7)16-10/h2-5H,1H3,(H,13,14,15)/t5-/m1/s1. The van der Waals surface area contributed by atoms with Crippen molar-refractivity contribution in [1.82, 2.24) is 4.98 Å². The Hall–Kier alpha value is -0.840. The minimum Gasteiger partial charge on any atom is -0.301 e. The third kappa shape index (κ3) is 2.45. The molecular weight excluding hydrogens is 267 g/mol. The molecule has 3 nitrogen and oxygen atoms in total. The Bertz CT molecular complexity index is 539. The number of nitrogens with zero attached hydrogens (tertiary/aromatic N) is 1. The van der Waals surface area contributed by atoms with Gasteiger partial charge in [-0.3, -0.25) is 4.79 Å². The van der Waals surface area contributed by atoms with Gasteiger partial charge in [-0.25, -0.2) is 4.98 Å². The molecule has 1 atom stereocenters. The van der Waals surface area contributed by atoms with Gasteiger partial charge < -0.3 is 5.32 Å². The van der Waals surface area contributed by atoms with E-state index in [4.69, 9.17) is 23.2 Å². The van der Waals surface area contributed by atoms with Gasteiger partial charge in [-0.15, -0.1) is 11.6 Å². The summed E-state index contributed by atoms with van der Waals surface area (Å²) < 4.78 is 0.935. The van der Waals surface area contributed by atoms with Crippen LogP contribution in [0.5, 0.6) is 0 Å². The molecule has 0 aliphatic heterocycles. The molecule has 0 aliphatic rings. The van der Waals surface area contributed by atoms with Crippen molar-refractivity contribution in [3.05, 3.63) is 23.2 Å². The second-order valence-electron chi connectivity index (χ2n) is 3.24. The number of amides is 1. The van der Waals surface area contributed by atoms with E-state index < -0.39 is 5.38 Å². The van der Waals surface area contributed by atoms with Crippen LogP contribution in [-0.2, 0) is 4.79 Å². The van der Waals surface area contributed by atoms with Crippen molar-refractivity contribution in [2.45, 2.75) is 12.3 Å². The van der Waals surface area contributed by atoms with Crippen molar-refractivity contribution < 1.29 is 4.79 Å². The number of hydrogen-bond acceptors (Lipinski definition) is 3. The smallest absolute Gasteiger partial charge is 0.243 e. The number of thiazole rings is 1. The first-order valence-electron chi connectivity index (χ1n) is 4.57. The summed E-state index contributed by atoms with van der Waals surface area (Å²) in [6.45, 7) is 1.61. The zero-order chi connectivity index (χ0) is 11.7. The normalized spacial score (nSPS) is 12.7. The molecule has 1 aromatic heterocycles. The van der Waals surface area contributed by atoms with Gasteiger partial charge >= 0.3 is 0 Å². The van der Waals surface area contributed by atoms with Crippen molar-refractivity contribution in [3.63, 3.8) is 0 Å². The fraction of sp³-hybridized carbons (Fsp3) is 0.200. The average molecular weight is 275 g/mol. The van der Waals surface area contributed by atoms with Gasteiger partial charge in [-0.2, -0.15) is 0 Å². The molecule has 2 rings (SSSR count). The Labute approximate surface area is 106 Å². The van der Waals surface area contributed by atoms with Gasteiger partial charge in [0, 0.05) is 5.02 Å². The Morgan fingerprint density at radius 1 is 1.56 bits per heavy atom. The van der Waals surface area contributed by atoms with Crippen LogP contribution < -0.4 is 5.32 Å². The molecule has 0 radical (unpaired) electrons. The van der Waals surface area contributed by atoms with E-state index in [1.54, 1.807) is 13.0 Å². The average Bonchev–Trinajstić information content (AvgIpc) is 2.58. The molecule has 2 aromatic rings. The summed E-state index contributed by atoms with van der Waals surface area (Å²) in [5.74, 6) is -0.258. The maximum Gasteiger partial charge on any atom is 0.243 e. The Balaban J connectivity index is 2.29. The number of hydrogen-bond donors (Lipinski definition) is 1. The zero-order valence-corrected chi connectivity index (χ0v) is 10.7. The summed E-state index contributed by atoms with van der Waals surface area (Å²) >= 11 is 12.9. The topological polar surface area (TPSA) is 42.0 Å². The third-order valence-electron chi connectivity index (χ3n) is 1.94. The lowest BCUT2D eigenvalue weighted by atomic mass is 10.3. The molecule has 0 spiro atoms.